The van der Waals surface area contributed by atoms with E-state index in [1.165, 1.54) is 34.2 Å². The largest absolute Gasteiger partial charge is 0.361 e. The number of aliphatic imine (C=N–C) groups is 1. The average Bonchev–Trinajstić information content (AvgIpc) is 3.41. The highest BCUT2D eigenvalue weighted by atomic mass is 19.1. The molecule has 160 valence electrons. The Labute approximate surface area is 181 Å². The second kappa shape index (κ2) is 9.47. The quantitative estimate of drug-likeness (QED) is 0.316. The lowest BCUT2D eigenvalue weighted by Gasteiger charge is -2.11. The van der Waals surface area contributed by atoms with E-state index in [9.17, 15) is 4.39 Å². The van der Waals surface area contributed by atoms with Gasteiger partial charge in [-0.05, 0) is 54.8 Å². The Hall–Kier alpha value is -3.61. The van der Waals surface area contributed by atoms with Gasteiger partial charge in [0.1, 0.15) is 5.82 Å². The van der Waals surface area contributed by atoms with Gasteiger partial charge in [-0.15, -0.1) is 0 Å². The summed E-state index contributed by atoms with van der Waals surface area (Å²) >= 11 is 0. The highest BCUT2D eigenvalue weighted by molar-refractivity contribution is 5.86. The molecule has 6 nitrogen and oxygen atoms in total. The van der Waals surface area contributed by atoms with Gasteiger partial charge in [-0.1, -0.05) is 18.2 Å². The molecule has 0 saturated carbocycles. The van der Waals surface area contributed by atoms with Crippen molar-refractivity contribution in [2.75, 3.05) is 20.1 Å². The summed E-state index contributed by atoms with van der Waals surface area (Å²) in [4.78, 5) is 7.68. The number of aromatic amines is 1. The molecule has 0 amide bonds. The average molecular weight is 419 g/mol. The van der Waals surface area contributed by atoms with Gasteiger partial charge in [0, 0.05) is 49.9 Å². The lowest BCUT2D eigenvalue weighted by Crippen LogP contribution is -2.39. The Morgan fingerprint density at radius 1 is 1.06 bits per heavy atom. The van der Waals surface area contributed by atoms with Crippen LogP contribution in [-0.4, -0.2) is 40.9 Å². The van der Waals surface area contributed by atoms with E-state index in [0.717, 1.165) is 36.7 Å². The molecule has 0 radical (unpaired) electrons. The maximum Gasteiger partial charge on any atom is 0.190 e. The zero-order valence-corrected chi connectivity index (χ0v) is 17.8. The van der Waals surface area contributed by atoms with Gasteiger partial charge in [-0.2, -0.15) is 5.10 Å². The number of fused-ring (bicyclic) bond motifs is 1. The van der Waals surface area contributed by atoms with E-state index in [4.69, 9.17) is 0 Å². The Balaban J connectivity index is 1.24. The molecule has 0 aliphatic heterocycles. The first-order valence-corrected chi connectivity index (χ1v) is 10.4. The van der Waals surface area contributed by atoms with Crippen LogP contribution in [0.3, 0.4) is 0 Å². The molecule has 0 aliphatic carbocycles. The van der Waals surface area contributed by atoms with Gasteiger partial charge in [0.25, 0.3) is 0 Å². The van der Waals surface area contributed by atoms with Crippen molar-refractivity contribution in [1.29, 1.82) is 0 Å². The van der Waals surface area contributed by atoms with Crippen LogP contribution in [0.15, 0.2) is 65.9 Å². The molecule has 0 saturated heterocycles. The van der Waals surface area contributed by atoms with E-state index < -0.39 is 0 Å². The summed E-state index contributed by atoms with van der Waals surface area (Å²) in [5.41, 5.74) is 5.57. The summed E-state index contributed by atoms with van der Waals surface area (Å²) in [6, 6.07) is 14.6. The van der Waals surface area contributed by atoms with Crippen molar-refractivity contribution in [3.63, 3.8) is 0 Å². The molecule has 2 aromatic carbocycles. The van der Waals surface area contributed by atoms with E-state index in [2.05, 4.69) is 57.0 Å². The van der Waals surface area contributed by atoms with Gasteiger partial charge in [0.05, 0.1) is 11.4 Å². The minimum atomic E-state index is -0.251. The fourth-order valence-corrected chi connectivity index (χ4v) is 3.65. The molecule has 2 aromatic heterocycles. The third-order valence-electron chi connectivity index (χ3n) is 5.33. The first-order chi connectivity index (χ1) is 15.1. The van der Waals surface area contributed by atoms with Gasteiger partial charge in [-0.25, -0.2) is 9.07 Å². The van der Waals surface area contributed by atoms with Crippen molar-refractivity contribution < 1.29 is 4.39 Å². The maximum atomic E-state index is 13.1. The van der Waals surface area contributed by atoms with Gasteiger partial charge in [-0.3, -0.25) is 4.99 Å². The van der Waals surface area contributed by atoms with Crippen molar-refractivity contribution in [2.45, 2.75) is 19.8 Å². The number of hydrogen-bond acceptors (Lipinski definition) is 2. The smallest absolute Gasteiger partial charge is 0.190 e. The number of nitrogens with zero attached hydrogens (tertiary/aromatic N) is 3. The molecule has 7 heteroatoms. The fraction of sp³-hybridized carbons (Fsp3) is 0.250. The molecular weight excluding hydrogens is 391 g/mol. The molecular formula is C24H27FN6. The minimum absolute atomic E-state index is 0.251. The van der Waals surface area contributed by atoms with Crippen LogP contribution in [0.1, 0.15) is 16.8 Å². The third kappa shape index (κ3) is 4.94. The first kappa shape index (κ1) is 20.7. The number of rotatable bonds is 7. The van der Waals surface area contributed by atoms with E-state index in [0.29, 0.717) is 6.54 Å². The molecule has 0 spiro atoms. The monoisotopic (exact) mass is 418 g/mol. The van der Waals surface area contributed by atoms with Crippen LogP contribution in [0.25, 0.3) is 16.6 Å². The molecule has 31 heavy (non-hydrogen) atoms. The van der Waals surface area contributed by atoms with Crippen molar-refractivity contribution in [3.05, 3.63) is 83.6 Å². The zero-order chi connectivity index (χ0) is 21.6. The van der Waals surface area contributed by atoms with Gasteiger partial charge in [0.2, 0.25) is 0 Å². The number of nitrogens with one attached hydrogen (secondary N) is 3. The normalized spacial score (nSPS) is 11.8. The number of para-hydroxylation sites is 1. The molecule has 4 aromatic rings. The summed E-state index contributed by atoms with van der Waals surface area (Å²) in [5, 5.41) is 12.5. The first-order valence-electron chi connectivity index (χ1n) is 10.4. The highest BCUT2D eigenvalue weighted by Crippen LogP contribution is 2.21. The second-order valence-corrected chi connectivity index (χ2v) is 7.47. The van der Waals surface area contributed by atoms with Crippen molar-refractivity contribution in [3.8, 4) is 5.69 Å². The van der Waals surface area contributed by atoms with Crippen LogP contribution < -0.4 is 10.6 Å². The number of guanidine groups is 1. The van der Waals surface area contributed by atoms with Crippen LogP contribution in [0, 0.1) is 12.7 Å². The SMILES string of the molecule is CN=C(NCCc1ccn(-c2ccc(F)cc2)n1)NCCc1c[nH]c2c(C)cccc12. The number of aromatic nitrogens is 3. The van der Waals surface area contributed by atoms with Crippen LogP contribution in [0.5, 0.6) is 0 Å². The summed E-state index contributed by atoms with van der Waals surface area (Å²) in [5.74, 6) is 0.521. The number of halogens is 1. The number of aryl methyl sites for hydroxylation is 1. The van der Waals surface area contributed by atoms with E-state index in [1.54, 1.807) is 23.9 Å². The molecule has 4 rings (SSSR count). The Morgan fingerprint density at radius 3 is 2.61 bits per heavy atom. The second-order valence-electron chi connectivity index (χ2n) is 7.47. The lowest BCUT2D eigenvalue weighted by molar-refractivity contribution is 0.627. The summed E-state index contributed by atoms with van der Waals surface area (Å²) in [7, 11) is 1.77. The fourth-order valence-electron chi connectivity index (χ4n) is 3.65. The van der Waals surface area contributed by atoms with Crippen LogP contribution in [-0.2, 0) is 12.8 Å². The lowest BCUT2D eigenvalue weighted by atomic mass is 10.1. The zero-order valence-electron chi connectivity index (χ0n) is 17.8. The van der Waals surface area contributed by atoms with E-state index in [1.807, 2.05) is 12.3 Å². The molecule has 0 atom stereocenters. The van der Waals surface area contributed by atoms with Crippen LogP contribution in [0.4, 0.5) is 4.39 Å². The van der Waals surface area contributed by atoms with E-state index in [-0.39, 0.29) is 5.82 Å². The Bertz CT molecular complexity index is 1170. The summed E-state index contributed by atoms with van der Waals surface area (Å²) in [6.07, 6.45) is 5.65. The van der Waals surface area contributed by atoms with Gasteiger partial charge in [0.15, 0.2) is 5.96 Å². The molecule has 3 N–H and O–H groups in total. The van der Waals surface area contributed by atoms with E-state index >= 15 is 0 Å². The number of H-pyrrole nitrogens is 1. The number of benzene rings is 2. The maximum absolute atomic E-state index is 13.1. The number of hydrogen-bond donors (Lipinski definition) is 3. The minimum Gasteiger partial charge on any atom is -0.361 e. The summed E-state index contributed by atoms with van der Waals surface area (Å²) in [6.45, 7) is 3.63. The Kier molecular flexibility index (Phi) is 6.31. The molecule has 2 heterocycles. The standard InChI is InChI=1S/C24H27FN6/c1-17-4-3-5-22-18(16-29-23(17)22)10-13-27-24(26-2)28-14-11-20-12-15-31(30-20)21-8-6-19(25)7-9-21/h3-9,12,15-16,29H,10-11,13-14H2,1-2H3,(H2,26,27,28). The Morgan fingerprint density at radius 2 is 1.84 bits per heavy atom. The third-order valence-corrected chi connectivity index (χ3v) is 5.33. The predicted octanol–water partition coefficient (Wildman–Crippen LogP) is 3.75. The predicted molar refractivity (Wildman–Crippen MR) is 123 cm³/mol. The van der Waals surface area contributed by atoms with Gasteiger partial charge < -0.3 is 15.6 Å². The van der Waals surface area contributed by atoms with Crippen molar-refractivity contribution in [2.24, 2.45) is 4.99 Å². The van der Waals surface area contributed by atoms with Crippen LogP contribution in [0.2, 0.25) is 0 Å². The molecule has 0 unspecified atom stereocenters. The van der Waals surface area contributed by atoms with Crippen molar-refractivity contribution in [1.82, 2.24) is 25.4 Å². The molecule has 0 aliphatic rings. The molecule has 0 fully saturated rings. The highest BCUT2D eigenvalue weighted by Gasteiger charge is 2.06. The van der Waals surface area contributed by atoms with Crippen molar-refractivity contribution >= 4 is 16.9 Å². The molecule has 0 bridgehead atoms. The van der Waals surface area contributed by atoms with Crippen LogP contribution >= 0.6 is 0 Å². The van der Waals surface area contributed by atoms with Gasteiger partial charge >= 0.3 is 0 Å². The summed E-state index contributed by atoms with van der Waals surface area (Å²) < 4.78 is 14.8. The topological polar surface area (TPSA) is 70.0 Å².